The van der Waals surface area contributed by atoms with E-state index >= 15 is 0 Å². The van der Waals surface area contributed by atoms with E-state index in [9.17, 15) is 0 Å². The van der Waals surface area contributed by atoms with Gasteiger partial charge in [0, 0.05) is 15.4 Å². The fraction of sp³-hybridized carbons (Fsp3) is 0.111. The molecule has 2 aromatic rings. The van der Waals surface area contributed by atoms with Crippen LogP contribution in [0.15, 0.2) is 22.7 Å². The van der Waals surface area contributed by atoms with Crippen molar-refractivity contribution in [1.29, 1.82) is 0 Å². The van der Waals surface area contributed by atoms with E-state index in [-0.39, 0.29) is 0 Å². The highest BCUT2D eigenvalue weighted by Crippen LogP contribution is 2.21. The zero-order valence-electron chi connectivity index (χ0n) is 6.11. The Morgan fingerprint density at radius 1 is 1.45 bits per heavy atom. The molecular formula is C9H7BrN. The normalized spacial score (nSPS) is 10.7. The van der Waals surface area contributed by atoms with Crippen LogP contribution in [0.25, 0.3) is 10.9 Å². The summed E-state index contributed by atoms with van der Waals surface area (Å²) >= 11 is 3.42. The number of H-pyrrole nitrogens is 1. The largest absolute Gasteiger partial charge is 0.353 e. The van der Waals surface area contributed by atoms with Gasteiger partial charge in [-0.3, -0.25) is 0 Å². The van der Waals surface area contributed by atoms with E-state index in [2.05, 4.69) is 33.2 Å². The summed E-state index contributed by atoms with van der Waals surface area (Å²) in [4.78, 5) is 3.07. The van der Waals surface area contributed by atoms with Gasteiger partial charge in [0.05, 0.1) is 6.20 Å². The number of nitrogens with one attached hydrogen (secondary N) is 1. The molecule has 1 heterocycles. The fourth-order valence-electron chi connectivity index (χ4n) is 1.16. The third-order valence-electron chi connectivity index (χ3n) is 1.77. The molecule has 0 saturated heterocycles. The van der Waals surface area contributed by atoms with E-state index in [1.807, 2.05) is 19.1 Å². The molecule has 1 radical (unpaired) electrons. The molecule has 0 spiro atoms. The van der Waals surface area contributed by atoms with Crippen molar-refractivity contribution in [2.75, 3.05) is 0 Å². The average Bonchev–Trinajstić information content (AvgIpc) is 2.33. The summed E-state index contributed by atoms with van der Waals surface area (Å²) in [5.74, 6) is 0. The Balaban J connectivity index is 2.87. The lowest BCUT2D eigenvalue weighted by molar-refractivity contribution is 1.40. The Bertz CT molecular complexity index is 389. The molecule has 0 atom stereocenters. The van der Waals surface area contributed by atoms with Gasteiger partial charge < -0.3 is 4.98 Å². The second-order valence-corrected chi connectivity index (χ2v) is 3.48. The summed E-state index contributed by atoms with van der Waals surface area (Å²) in [5, 5.41) is 1.24. The number of benzene rings is 1. The summed E-state index contributed by atoms with van der Waals surface area (Å²) in [7, 11) is 0. The van der Waals surface area contributed by atoms with E-state index in [1.165, 1.54) is 10.9 Å². The van der Waals surface area contributed by atoms with E-state index in [1.54, 1.807) is 0 Å². The van der Waals surface area contributed by atoms with Crippen LogP contribution in [0.2, 0.25) is 0 Å². The first-order valence-electron chi connectivity index (χ1n) is 3.43. The molecule has 0 amide bonds. The highest BCUT2D eigenvalue weighted by Gasteiger charge is 1.98. The van der Waals surface area contributed by atoms with Crippen molar-refractivity contribution in [2.24, 2.45) is 0 Å². The van der Waals surface area contributed by atoms with E-state index in [0.29, 0.717) is 0 Å². The molecule has 0 saturated carbocycles. The van der Waals surface area contributed by atoms with Gasteiger partial charge in [-0.15, -0.1) is 0 Å². The second kappa shape index (κ2) is 2.38. The molecule has 1 aromatic heterocycles. The maximum absolute atomic E-state index is 3.42. The topological polar surface area (TPSA) is 15.8 Å². The first-order chi connectivity index (χ1) is 5.27. The van der Waals surface area contributed by atoms with Gasteiger partial charge in [0.15, 0.2) is 0 Å². The molecule has 0 bridgehead atoms. The number of hydrogen-bond donors (Lipinski definition) is 1. The minimum absolute atomic E-state index is 1.11. The van der Waals surface area contributed by atoms with Gasteiger partial charge in [0.25, 0.3) is 0 Å². The number of rotatable bonds is 0. The Kier molecular flexibility index (Phi) is 1.50. The zero-order valence-corrected chi connectivity index (χ0v) is 7.70. The molecule has 11 heavy (non-hydrogen) atoms. The van der Waals surface area contributed by atoms with Crippen molar-refractivity contribution in [3.63, 3.8) is 0 Å². The highest BCUT2D eigenvalue weighted by molar-refractivity contribution is 9.10. The van der Waals surface area contributed by atoms with E-state index < -0.39 is 0 Å². The Labute approximate surface area is 73.6 Å². The van der Waals surface area contributed by atoms with Crippen molar-refractivity contribution in [1.82, 2.24) is 4.98 Å². The maximum atomic E-state index is 3.42. The molecule has 2 rings (SSSR count). The van der Waals surface area contributed by atoms with Crippen LogP contribution in [0.5, 0.6) is 0 Å². The third kappa shape index (κ3) is 1.07. The number of fused-ring (bicyclic) bond motifs is 1. The molecule has 0 unspecified atom stereocenters. The summed E-state index contributed by atoms with van der Waals surface area (Å²) in [6.07, 6.45) is 3.06. The summed E-state index contributed by atoms with van der Waals surface area (Å²) < 4.78 is 1.11. The lowest BCUT2D eigenvalue weighted by Gasteiger charge is -1.91. The number of aromatic amines is 1. The standard InChI is InChI=1S/C9H7BrN/c1-6-5-11-9-3-2-7(10)4-8(6)9/h2-4,11H,1H3. The van der Waals surface area contributed by atoms with Crippen LogP contribution in [0, 0.1) is 13.1 Å². The minimum Gasteiger partial charge on any atom is -0.353 e. The molecule has 0 aliphatic heterocycles. The summed E-state index contributed by atoms with van der Waals surface area (Å²) in [6, 6.07) is 6.16. The van der Waals surface area contributed by atoms with Crippen molar-refractivity contribution >= 4 is 26.8 Å². The van der Waals surface area contributed by atoms with Crippen LogP contribution in [0.1, 0.15) is 5.56 Å². The summed E-state index contributed by atoms with van der Waals surface area (Å²) in [5.41, 5.74) is 2.31. The monoisotopic (exact) mass is 208 g/mol. The fourth-order valence-corrected chi connectivity index (χ4v) is 1.53. The van der Waals surface area contributed by atoms with Gasteiger partial charge in [0.1, 0.15) is 0 Å². The smallest absolute Gasteiger partial charge is 0.0663 e. The third-order valence-corrected chi connectivity index (χ3v) is 2.26. The lowest BCUT2D eigenvalue weighted by Crippen LogP contribution is -1.68. The van der Waals surface area contributed by atoms with Crippen molar-refractivity contribution < 1.29 is 0 Å². The lowest BCUT2D eigenvalue weighted by atomic mass is 10.2. The molecule has 0 fully saturated rings. The SMILES string of the molecule is Cc1[c][nH]c2ccc(Br)cc12. The van der Waals surface area contributed by atoms with Gasteiger partial charge in [-0.05, 0) is 30.7 Å². The van der Waals surface area contributed by atoms with Gasteiger partial charge >= 0.3 is 0 Å². The van der Waals surface area contributed by atoms with Crippen LogP contribution in [0.4, 0.5) is 0 Å². The quantitative estimate of drug-likeness (QED) is 0.686. The predicted octanol–water partition coefficient (Wildman–Crippen LogP) is 3.04. The molecule has 1 nitrogen and oxygen atoms in total. The number of halogens is 1. The van der Waals surface area contributed by atoms with Gasteiger partial charge in [-0.2, -0.15) is 0 Å². The molecule has 1 N–H and O–H groups in total. The number of hydrogen-bond acceptors (Lipinski definition) is 0. The van der Waals surface area contributed by atoms with Crippen LogP contribution in [-0.4, -0.2) is 4.98 Å². The number of aromatic nitrogens is 1. The first-order valence-corrected chi connectivity index (χ1v) is 4.22. The average molecular weight is 209 g/mol. The molecule has 0 aliphatic rings. The minimum atomic E-state index is 1.11. The molecular weight excluding hydrogens is 202 g/mol. The van der Waals surface area contributed by atoms with Crippen LogP contribution in [-0.2, 0) is 0 Å². The van der Waals surface area contributed by atoms with Crippen molar-refractivity contribution in [2.45, 2.75) is 6.92 Å². The molecule has 1 aromatic carbocycles. The van der Waals surface area contributed by atoms with Crippen LogP contribution < -0.4 is 0 Å². The van der Waals surface area contributed by atoms with Gasteiger partial charge in [0.2, 0.25) is 0 Å². The van der Waals surface area contributed by atoms with Crippen LogP contribution in [0.3, 0.4) is 0 Å². The second-order valence-electron chi connectivity index (χ2n) is 2.56. The first kappa shape index (κ1) is 6.92. The maximum Gasteiger partial charge on any atom is 0.0663 e. The van der Waals surface area contributed by atoms with Crippen molar-refractivity contribution in [3.05, 3.63) is 34.4 Å². The molecule has 0 aliphatic carbocycles. The molecule has 55 valence electrons. The van der Waals surface area contributed by atoms with Crippen LogP contribution >= 0.6 is 15.9 Å². The van der Waals surface area contributed by atoms with Gasteiger partial charge in [-0.25, -0.2) is 0 Å². The summed E-state index contributed by atoms with van der Waals surface area (Å²) in [6.45, 7) is 2.05. The predicted molar refractivity (Wildman–Crippen MR) is 49.6 cm³/mol. The highest BCUT2D eigenvalue weighted by atomic mass is 79.9. The Morgan fingerprint density at radius 2 is 2.27 bits per heavy atom. The Morgan fingerprint density at radius 3 is 3.09 bits per heavy atom. The molecule has 2 heteroatoms. The van der Waals surface area contributed by atoms with E-state index in [4.69, 9.17) is 0 Å². The van der Waals surface area contributed by atoms with E-state index in [0.717, 1.165) is 9.99 Å². The van der Waals surface area contributed by atoms with Crippen molar-refractivity contribution in [3.8, 4) is 0 Å². The zero-order chi connectivity index (χ0) is 7.84. The number of aryl methyl sites for hydroxylation is 1. The Hall–Kier alpha value is -0.760. The van der Waals surface area contributed by atoms with Gasteiger partial charge in [-0.1, -0.05) is 15.9 Å².